The first kappa shape index (κ1) is 17.3. The average Bonchev–Trinajstić information content (AvgIpc) is 3.13. The minimum atomic E-state index is -0.716. The van der Waals surface area contributed by atoms with E-state index < -0.39 is 24.5 Å². The van der Waals surface area contributed by atoms with Crippen LogP contribution in [0, 0.1) is 13.8 Å². The van der Waals surface area contributed by atoms with Crippen LogP contribution >= 0.6 is 0 Å². The summed E-state index contributed by atoms with van der Waals surface area (Å²) < 4.78 is 14.4. The quantitative estimate of drug-likeness (QED) is 0.768. The van der Waals surface area contributed by atoms with E-state index in [-0.39, 0.29) is 23.7 Å². The van der Waals surface area contributed by atoms with Crippen molar-refractivity contribution in [3.05, 3.63) is 34.8 Å². The van der Waals surface area contributed by atoms with Crippen molar-refractivity contribution in [3.63, 3.8) is 0 Å². The van der Waals surface area contributed by atoms with Gasteiger partial charge in [0.25, 0.3) is 5.91 Å². The molecule has 0 bridgehead atoms. The Balaban J connectivity index is 2.02. The number of aromatic amines is 1. The van der Waals surface area contributed by atoms with Crippen LogP contribution in [-0.2, 0) is 14.3 Å². The Labute approximate surface area is 137 Å². The van der Waals surface area contributed by atoms with Crippen LogP contribution in [0.25, 0.3) is 0 Å². The number of rotatable bonds is 6. The fraction of sp³-hybridized carbons (Fsp3) is 0.333. The minimum Gasteiger partial charge on any atom is -0.461 e. The highest BCUT2D eigenvalue weighted by atomic mass is 16.5. The van der Waals surface area contributed by atoms with Gasteiger partial charge in [0.15, 0.2) is 12.4 Å². The van der Waals surface area contributed by atoms with E-state index in [0.717, 1.165) is 0 Å². The molecule has 0 aliphatic heterocycles. The molecule has 24 heavy (non-hydrogen) atoms. The van der Waals surface area contributed by atoms with Crippen LogP contribution in [0.2, 0.25) is 0 Å². The van der Waals surface area contributed by atoms with Crippen LogP contribution in [0.4, 0.5) is 5.82 Å². The second-order valence-corrected chi connectivity index (χ2v) is 4.85. The lowest BCUT2D eigenvalue weighted by molar-refractivity contribution is -0.119. The van der Waals surface area contributed by atoms with Crippen LogP contribution in [0.15, 0.2) is 16.9 Å². The number of carbonyl (C=O) groups is 3. The van der Waals surface area contributed by atoms with Crippen molar-refractivity contribution in [2.45, 2.75) is 20.8 Å². The molecule has 2 heterocycles. The number of aromatic nitrogens is 2. The van der Waals surface area contributed by atoms with Gasteiger partial charge in [0, 0.05) is 11.8 Å². The van der Waals surface area contributed by atoms with Crippen molar-refractivity contribution >= 4 is 23.7 Å². The second kappa shape index (κ2) is 7.44. The highest BCUT2D eigenvalue weighted by molar-refractivity contribution is 6.00. The fourth-order valence-electron chi connectivity index (χ4n) is 2.12. The number of aryl methyl sites for hydroxylation is 1. The highest BCUT2D eigenvalue weighted by Gasteiger charge is 2.24. The molecule has 1 amide bonds. The zero-order valence-corrected chi connectivity index (χ0v) is 13.5. The Morgan fingerprint density at radius 1 is 1.25 bits per heavy atom. The molecule has 2 rings (SSSR count). The van der Waals surface area contributed by atoms with Gasteiger partial charge in [-0.1, -0.05) is 5.16 Å². The van der Waals surface area contributed by atoms with E-state index in [9.17, 15) is 14.4 Å². The van der Waals surface area contributed by atoms with Crippen LogP contribution in [0.3, 0.4) is 0 Å². The summed E-state index contributed by atoms with van der Waals surface area (Å²) in [6.07, 6.45) is 1.30. The van der Waals surface area contributed by atoms with Gasteiger partial charge in [-0.2, -0.15) is 0 Å². The lowest BCUT2D eigenvalue weighted by Crippen LogP contribution is -2.21. The average molecular weight is 335 g/mol. The summed E-state index contributed by atoms with van der Waals surface area (Å²) in [5, 5.41) is 5.90. The molecule has 9 heteroatoms. The third-order valence-electron chi connectivity index (χ3n) is 3.16. The zero-order chi connectivity index (χ0) is 17.7. The maximum absolute atomic E-state index is 12.2. The molecule has 0 spiro atoms. The van der Waals surface area contributed by atoms with Gasteiger partial charge in [-0.25, -0.2) is 9.59 Å². The third kappa shape index (κ3) is 3.80. The summed E-state index contributed by atoms with van der Waals surface area (Å²) in [6.45, 7) is 4.64. The van der Waals surface area contributed by atoms with Crippen LogP contribution in [0.5, 0.6) is 0 Å². The van der Waals surface area contributed by atoms with Crippen molar-refractivity contribution < 1.29 is 28.4 Å². The van der Waals surface area contributed by atoms with E-state index in [1.54, 1.807) is 20.8 Å². The van der Waals surface area contributed by atoms with Gasteiger partial charge >= 0.3 is 11.9 Å². The number of ether oxygens (including phenoxy) is 2. The molecular weight excluding hydrogens is 318 g/mol. The number of hydrogen-bond donors (Lipinski definition) is 2. The lowest BCUT2D eigenvalue weighted by atomic mass is 10.1. The van der Waals surface area contributed by atoms with Gasteiger partial charge in [0.2, 0.25) is 0 Å². The normalized spacial score (nSPS) is 10.3. The fourth-order valence-corrected chi connectivity index (χ4v) is 2.12. The molecule has 0 saturated heterocycles. The lowest BCUT2D eigenvalue weighted by Gasteiger charge is -2.05. The van der Waals surface area contributed by atoms with E-state index in [1.165, 1.54) is 12.3 Å². The zero-order valence-electron chi connectivity index (χ0n) is 13.5. The van der Waals surface area contributed by atoms with Crippen molar-refractivity contribution in [1.29, 1.82) is 0 Å². The monoisotopic (exact) mass is 335 g/mol. The Kier molecular flexibility index (Phi) is 5.35. The molecule has 0 aromatic carbocycles. The predicted octanol–water partition coefficient (Wildman–Crippen LogP) is 1.59. The van der Waals surface area contributed by atoms with E-state index in [2.05, 4.69) is 20.0 Å². The molecule has 2 aromatic heterocycles. The molecule has 0 atom stereocenters. The van der Waals surface area contributed by atoms with Crippen molar-refractivity contribution in [2.75, 3.05) is 18.5 Å². The molecule has 0 unspecified atom stereocenters. The van der Waals surface area contributed by atoms with E-state index >= 15 is 0 Å². The van der Waals surface area contributed by atoms with Crippen molar-refractivity contribution in [3.8, 4) is 0 Å². The van der Waals surface area contributed by atoms with Gasteiger partial charge < -0.3 is 24.3 Å². The number of carbonyl (C=O) groups excluding carboxylic acids is 3. The summed E-state index contributed by atoms with van der Waals surface area (Å²) in [5.41, 5.74) is 1.26. The second-order valence-electron chi connectivity index (χ2n) is 4.85. The number of anilines is 1. The number of nitrogens with one attached hydrogen (secondary N) is 2. The molecule has 0 saturated carbocycles. The van der Waals surface area contributed by atoms with Crippen molar-refractivity contribution in [2.24, 2.45) is 0 Å². The predicted molar refractivity (Wildman–Crippen MR) is 81.6 cm³/mol. The number of nitrogens with zero attached hydrogens (tertiary/aromatic N) is 1. The van der Waals surface area contributed by atoms with Crippen LogP contribution in [-0.4, -0.2) is 41.2 Å². The third-order valence-corrected chi connectivity index (χ3v) is 3.16. The standard InChI is InChI=1S/C15H17N3O6/c1-4-22-15(21)13-8(2)12(9(3)16-13)14(20)23-7-11(19)17-10-5-6-24-18-10/h5-6,16H,4,7H2,1-3H3,(H,17,18,19). The smallest absolute Gasteiger partial charge is 0.355 e. The highest BCUT2D eigenvalue weighted by Crippen LogP contribution is 2.19. The van der Waals surface area contributed by atoms with E-state index in [4.69, 9.17) is 9.47 Å². The number of hydrogen-bond acceptors (Lipinski definition) is 7. The molecule has 128 valence electrons. The summed E-state index contributed by atoms with van der Waals surface area (Å²) in [4.78, 5) is 38.5. The van der Waals surface area contributed by atoms with Crippen molar-refractivity contribution in [1.82, 2.24) is 10.1 Å². The summed E-state index contributed by atoms with van der Waals surface area (Å²) in [7, 11) is 0. The first-order valence-electron chi connectivity index (χ1n) is 7.17. The van der Waals surface area contributed by atoms with Gasteiger partial charge in [-0.3, -0.25) is 4.79 Å². The SMILES string of the molecule is CCOC(=O)c1[nH]c(C)c(C(=O)OCC(=O)Nc2ccon2)c1C. The first-order valence-corrected chi connectivity index (χ1v) is 7.17. The molecule has 0 fully saturated rings. The van der Waals surface area contributed by atoms with Gasteiger partial charge in [-0.15, -0.1) is 0 Å². The minimum absolute atomic E-state index is 0.188. The van der Waals surface area contributed by atoms with E-state index in [0.29, 0.717) is 11.3 Å². The first-order chi connectivity index (χ1) is 11.4. The topological polar surface area (TPSA) is 124 Å². The molecule has 9 nitrogen and oxygen atoms in total. The molecule has 0 aliphatic rings. The maximum atomic E-state index is 12.2. The van der Waals surface area contributed by atoms with Gasteiger partial charge in [-0.05, 0) is 26.3 Å². The summed E-state index contributed by atoms with van der Waals surface area (Å²) in [5.74, 6) is -1.61. The van der Waals surface area contributed by atoms with Crippen LogP contribution < -0.4 is 5.32 Å². The summed E-state index contributed by atoms with van der Waals surface area (Å²) in [6, 6.07) is 1.45. The Morgan fingerprint density at radius 2 is 2.00 bits per heavy atom. The largest absolute Gasteiger partial charge is 0.461 e. The molecular formula is C15H17N3O6. The van der Waals surface area contributed by atoms with Crippen LogP contribution in [0.1, 0.15) is 39.0 Å². The Bertz CT molecular complexity index is 748. The number of H-pyrrole nitrogens is 1. The van der Waals surface area contributed by atoms with E-state index in [1.807, 2.05) is 0 Å². The molecule has 0 radical (unpaired) electrons. The molecule has 2 aromatic rings. The van der Waals surface area contributed by atoms with Gasteiger partial charge in [0.1, 0.15) is 12.0 Å². The summed E-state index contributed by atoms with van der Waals surface area (Å²) >= 11 is 0. The number of amides is 1. The Morgan fingerprint density at radius 3 is 2.62 bits per heavy atom. The number of esters is 2. The molecule has 2 N–H and O–H groups in total. The van der Waals surface area contributed by atoms with Gasteiger partial charge in [0.05, 0.1) is 12.2 Å². The maximum Gasteiger partial charge on any atom is 0.355 e. The Hall–Kier alpha value is -3.10. The molecule has 0 aliphatic carbocycles.